The summed E-state index contributed by atoms with van der Waals surface area (Å²) in [6.45, 7) is 6.05. The number of halogens is 2. The molecule has 0 aliphatic heterocycles. The first-order valence-electron chi connectivity index (χ1n) is 6.74. The third-order valence-corrected chi connectivity index (χ3v) is 5.67. The molecule has 0 aliphatic carbocycles. The molecule has 0 aliphatic rings. The zero-order chi connectivity index (χ0) is 15.6. The highest BCUT2D eigenvalue weighted by molar-refractivity contribution is 7.84. The molecule has 21 heavy (non-hydrogen) atoms. The minimum Gasteiger partial charge on any atom is -0.270 e. The second-order valence-electron chi connectivity index (χ2n) is 5.22. The van der Waals surface area contributed by atoms with Crippen molar-refractivity contribution in [1.82, 2.24) is 9.78 Å². The van der Waals surface area contributed by atoms with Gasteiger partial charge in [0.2, 0.25) is 0 Å². The Bertz CT molecular complexity index is 655. The number of aromatic nitrogens is 2. The lowest BCUT2D eigenvalue weighted by Gasteiger charge is -2.12. The summed E-state index contributed by atoms with van der Waals surface area (Å²) in [5.41, 5.74) is 1.76. The molecular weight excluding hydrogens is 327 g/mol. The molecule has 0 spiro atoms. The molecule has 1 aromatic heterocycles. The Labute approximate surface area is 137 Å². The van der Waals surface area contributed by atoms with Crippen LogP contribution in [0.3, 0.4) is 0 Å². The summed E-state index contributed by atoms with van der Waals surface area (Å²) >= 11 is 11.9. The van der Waals surface area contributed by atoms with Crippen LogP contribution in [-0.4, -0.2) is 14.0 Å². The van der Waals surface area contributed by atoms with E-state index in [9.17, 15) is 4.21 Å². The Kier molecular flexibility index (Phi) is 5.47. The van der Waals surface area contributed by atoms with Crippen LogP contribution in [0.1, 0.15) is 43.3 Å². The smallest absolute Gasteiger partial charge is 0.0749 e. The number of hydrogen-bond acceptors (Lipinski definition) is 2. The number of rotatable bonds is 5. The fourth-order valence-corrected chi connectivity index (χ4v) is 3.38. The average molecular weight is 345 g/mol. The van der Waals surface area contributed by atoms with Gasteiger partial charge in [-0.3, -0.25) is 8.89 Å². The minimum atomic E-state index is -1.06. The predicted octanol–water partition coefficient (Wildman–Crippen LogP) is 4.78. The predicted molar refractivity (Wildman–Crippen MR) is 89.3 cm³/mol. The van der Waals surface area contributed by atoms with Gasteiger partial charge in [-0.25, -0.2) is 0 Å². The summed E-state index contributed by atoms with van der Waals surface area (Å²) in [4.78, 5) is 0. The molecule has 0 amide bonds. The van der Waals surface area contributed by atoms with Gasteiger partial charge in [-0.1, -0.05) is 29.3 Å². The van der Waals surface area contributed by atoms with Crippen LogP contribution in [0.4, 0.5) is 0 Å². The Morgan fingerprint density at radius 1 is 1.19 bits per heavy atom. The molecule has 3 nitrogen and oxygen atoms in total. The van der Waals surface area contributed by atoms with Crippen molar-refractivity contribution >= 4 is 34.0 Å². The maximum absolute atomic E-state index is 12.5. The molecule has 1 heterocycles. The molecule has 2 aromatic rings. The van der Waals surface area contributed by atoms with Gasteiger partial charge in [-0.15, -0.1) is 0 Å². The fourth-order valence-electron chi connectivity index (χ4n) is 1.93. The second kappa shape index (κ2) is 6.95. The molecule has 0 bridgehead atoms. The van der Waals surface area contributed by atoms with Crippen molar-refractivity contribution in [3.63, 3.8) is 0 Å². The van der Waals surface area contributed by atoms with E-state index in [2.05, 4.69) is 18.9 Å². The highest BCUT2D eigenvalue weighted by atomic mass is 35.5. The van der Waals surface area contributed by atoms with E-state index in [-0.39, 0.29) is 5.25 Å². The molecule has 0 N–H and O–H groups in total. The van der Waals surface area contributed by atoms with Crippen molar-refractivity contribution in [1.29, 1.82) is 0 Å². The van der Waals surface area contributed by atoms with Crippen LogP contribution in [0.25, 0.3) is 0 Å². The lowest BCUT2D eigenvalue weighted by Crippen LogP contribution is -2.07. The van der Waals surface area contributed by atoms with Gasteiger partial charge in [0.25, 0.3) is 0 Å². The van der Waals surface area contributed by atoms with Gasteiger partial charge >= 0.3 is 0 Å². The van der Waals surface area contributed by atoms with Gasteiger partial charge in [0, 0.05) is 23.0 Å². The van der Waals surface area contributed by atoms with Crippen molar-refractivity contribution in [3.8, 4) is 0 Å². The Morgan fingerprint density at radius 3 is 2.48 bits per heavy atom. The van der Waals surface area contributed by atoms with E-state index in [0.717, 1.165) is 11.3 Å². The standard InChI is InChI=1S/C15H18Cl2N2OS/c1-10(2)19-7-6-13(18-19)9-21(20)11(3)12-4-5-14(16)15(17)8-12/h4-8,10-11H,9H2,1-3H3/t11-,21-/m1/s1. The molecule has 0 radical (unpaired) electrons. The molecule has 0 unspecified atom stereocenters. The van der Waals surface area contributed by atoms with Crippen molar-refractivity contribution in [3.05, 3.63) is 51.8 Å². The van der Waals surface area contributed by atoms with Crippen molar-refractivity contribution in [2.75, 3.05) is 0 Å². The number of nitrogens with zero attached hydrogens (tertiary/aromatic N) is 2. The van der Waals surface area contributed by atoms with Gasteiger partial charge in [-0.2, -0.15) is 5.10 Å². The molecule has 1 aromatic carbocycles. The molecule has 114 valence electrons. The SMILES string of the molecule is CC(C)n1ccc(C[S@@](=O)[C@H](C)c2ccc(Cl)c(Cl)c2)n1. The van der Waals surface area contributed by atoms with Crippen molar-refractivity contribution < 1.29 is 4.21 Å². The maximum Gasteiger partial charge on any atom is 0.0749 e. The Hall–Kier alpha value is -0.840. The van der Waals surface area contributed by atoms with E-state index in [1.807, 2.05) is 29.9 Å². The van der Waals surface area contributed by atoms with Crippen LogP contribution >= 0.6 is 23.2 Å². The first-order chi connectivity index (χ1) is 9.88. The third kappa shape index (κ3) is 4.09. The lowest BCUT2D eigenvalue weighted by atomic mass is 10.2. The Balaban J connectivity index is 2.09. The first kappa shape index (κ1) is 16.5. The average Bonchev–Trinajstić information content (AvgIpc) is 2.89. The molecule has 2 rings (SSSR count). The Morgan fingerprint density at radius 2 is 1.90 bits per heavy atom. The summed E-state index contributed by atoms with van der Waals surface area (Å²) in [5.74, 6) is 0.432. The quantitative estimate of drug-likeness (QED) is 0.782. The van der Waals surface area contributed by atoms with E-state index in [1.165, 1.54) is 0 Å². The molecule has 6 heteroatoms. The summed E-state index contributed by atoms with van der Waals surface area (Å²) in [5, 5.41) is 5.31. The zero-order valence-corrected chi connectivity index (χ0v) is 14.5. The van der Waals surface area contributed by atoms with Crippen LogP contribution in [-0.2, 0) is 16.6 Å². The summed E-state index contributed by atoms with van der Waals surface area (Å²) in [6, 6.07) is 7.60. The van der Waals surface area contributed by atoms with Crippen LogP contribution < -0.4 is 0 Å². The van der Waals surface area contributed by atoms with Gasteiger partial charge in [0.05, 0.1) is 26.7 Å². The van der Waals surface area contributed by atoms with Crippen LogP contribution in [0.2, 0.25) is 10.0 Å². The molecule has 0 saturated carbocycles. The lowest BCUT2D eigenvalue weighted by molar-refractivity contribution is 0.528. The van der Waals surface area contributed by atoms with Crippen molar-refractivity contribution in [2.45, 2.75) is 37.8 Å². The zero-order valence-electron chi connectivity index (χ0n) is 12.2. The second-order valence-corrected chi connectivity index (χ2v) is 7.79. The normalized spacial score (nSPS) is 14.4. The number of benzene rings is 1. The van der Waals surface area contributed by atoms with Gasteiger partial charge in [0.15, 0.2) is 0 Å². The van der Waals surface area contributed by atoms with E-state index in [0.29, 0.717) is 21.8 Å². The monoisotopic (exact) mass is 344 g/mol. The highest BCUT2D eigenvalue weighted by Crippen LogP contribution is 2.28. The molecule has 0 saturated heterocycles. The summed E-state index contributed by atoms with van der Waals surface area (Å²) in [6.07, 6.45) is 1.92. The van der Waals surface area contributed by atoms with E-state index >= 15 is 0 Å². The van der Waals surface area contributed by atoms with E-state index in [1.54, 1.807) is 12.1 Å². The highest BCUT2D eigenvalue weighted by Gasteiger charge is 2.16. The molecular formula is C15H18Cl2N2OS. The maximum atomic E-state index is 12.5. The van der Waals surface area contributed by atoms with Crippen LogP contribution in [0.5, 0.6) is 0 Å². The topological polar surface area (TPSA) is 34.9 Å². The van der Waals surface area contributed by atoms with Gasteiger partial charge in [-0.05, 0) is 44.5 Å². The first-order valence-corrected chi connectivity index (χ1v) is 8.88. The minimum absolute atomic E-state index is 0.121. The molecule has 0 fully saturated rings. The summed E-state index contributed by atoms with van der Waals surface area (Å²) < 4.78 is 14.3. The van der Waals surface area contributed by atoms with Crippen molar-refractivity contribution in [2.24, 2.45) is 0 Å². The third-order valence-electron chi connectivity index (χ3n) is 3.29. The van der Waals surface area contributed by atoms with Gasteiger partial charge < -0.3 is 0 Å². The number of hydrogen-bond donors (Lipinski definition) is 0. The van der Waals surface area contributed by atoms with Crippen LogP contribution in [0.15, 0.2) is 30.5 Å². The largest absolute Gasteiger partial charge is 0.270 e. The van der Waals surface area contributed by atoms with E-state index in [4.69, 9.17) is 23.2 Å². The fraction of sp³-hybridized carbons (Fsp3) is 0.400. The van der Waals surface area contributed by atoms with Gasteiger partial charge in [0.1, 0.15) is 0 Å². The van der Waals surface area contributed by atoms with Crippen LogP contribution in [0, 0.1) is 0 Å². The molecule has 2 atom stereocenters. The van der Waals surface area contributed by atoms with E-state index < -0.39 is 10.8 Å². The summed E-state index contributed by atoms with van der Waals surface area (Å²) in [7, 11) is -1.06.